The Hall–Kier alpha value is -1.90. The molecule has 0 N–H and O–H groups in total. The van der Waals surface area contributed by atoms with Crippen molar-refractivity contribution in [2.45, 2.75) is 4.90 Å². The number of benzene rings is 1. The summed E-state index contributed by atoms with van der Waals surface area (Å²) in [5, 5.41) is 0. The van der Waals surface area contributed by atoms with Crippen LogP contribution in [0.1, 0.15) is 5.76 Å². The van der Waals surface area contributed by atoms with E-state index < -0.39 is 10.0 Å². The Morgan fingerprint density at radius 2 is 1.88 bits per heavy atom. The number of hydrogen-bond donors (Lipinski definition) is 0. The van der Waals surface area contributed by atoms with Crippen molar-refractivity contribution in [1.82, 2.24) is 9.21 Å². The van der Waals surface area contributed by atoms with Crippen LogP contribution in [0.3, 0.4) is 0 Å². The third-order valence-corrected chi connectivity index (χ3v) is 6.31. The van der Waals surface area contributed by atoms with Crippen molar-refractivity contribution in [3.8, 4) is 0 Å². The van der Waals surface area contributed by atoms with Gasteiger partial charge in [0.2, 0.25) is 15.9 Å². The number of hydrogen-bond acceptors (Lipinski definition) is 4. The van der Waals surface area contributed by atoms with Gasteiger partial charge in [0.15, 0.2) is 0 Å². The lowest BCUT2D eigenvalue weighted by Gasteiger charge is -2.33. The molecular weight excluding hydrogens is 408 g/mol. The molecule has 3 rings (SSSR count). The van der Waals surface area contributed by atoms with E-state index >= 15 is 0 Å². The molecule has 0 bridgehead atoms. The van der Waals surface area contributed by atoms with Crippen LogP contribution in [0.15, 0.2) is 62.5 Å². The highest BCUT2D eigenvalue weighted by molar-refractivity contribution is 9.10. The van der Waals surface area contributed by atoms with Crippen LogP contribution in [0, 0.1) is 0 Å². The van der Waals surface area contributed by atoms with Gasteiger partial charge in [0.05, 0.1) is 11.2 Å². The second kappa shape index (κ2) is 7.55. The minimum absolute atomic E-state index is 0.157. The van der Waals surface area contributed by atoms with Crippen molar-refractivity contribution in [2.24, 2.45) is 0 Å². The van der Waals surface area contributed by atoms with E-state index in [2.05, 4.69) is 15.9 Å². The van der Waals surface area contributed by atoms with E-state index in [1.165, 1.54) is 16.6 Å². The molecule has 0 unspecified atom stereocenters. The van der Waals surface area contributed by atoms with Gasteiger partial charge in [-0.1, -0.05) is 22.0 Å². The van der Waals surface area contributed by atoms with Crippen LogP contribution in [-0.2, 0) is 14.8 Å². The topological polar surface area (TPSA) is 70.8 Å². The maximum absolute atomic E-state index is 12.7. The van der Waals surface area contributed by atoms with E-state index in [4.69, 9.17) is 4.42 Å². The molecule has 1 aliphatic heterocycles. The smallest absolute Gasteiger partial charge is 0.246 e. The standard InChI is InChI=1S/C17H17BrN2O4S/c18-14-3-1-5-16(13-14)25(22,23)20-10-8-19(9-11-20)17(21)7-6-15-4-2-12-24-15/h1-7,12-13H,8-11H2/b7-6+. The first kappa shape index (κ1) is 17.9. The molecule has 1 saturated heterocycles. The second-order valence-electron chi connectivity index (χ2n) is 5.54. The third-order valence-electron chi connectivity index (χ3n) is 3.92. The van der Waals surface area contributed by atoms with Gasteiger partial charge in [-0.15, -0.1) is 0 Å². The highest BCUT2D eigenvalue weighted by atomic mass is 79.9. The molecule has 0 aliphatic carbocycles. The van der Waals surface area contributed by atoms with Gasteiger partial charge < -0.3 is 9.32 Å². The summed E-state index contributed by atoms with van der Waals surface area (Å²) in [5.41, 5.74) is 0. The Labute approximate surface area is 154 Å². The van der Waals surface area contributed by atoms with Crippen LogP contribution in [-0.4, -0.2) is 49.7 Å². The molecule has 1 amide bonds. The first-order chi connectivity index (χ1) is 12.0. The predicted octanol–water partition coefficient (Wildman–Crippen LogP) is 2.59. The maximum atomic E-state index is 12.7. The number of carbonyl (C=O) groups excluding carboxylic acids is 1. The lowest BCUT2D eigenvalue weighted by atomic mass is 10.3. The molecule has 1 aromatic heterocycles. The van der Waals surface area contributed by atoms with Gasteiger partial charge in [-0.05, 0) is 36.4 Å². The molecule has 1 fully saturated rings. The minimum Gasteiger partial charge on any atom is -0.465 e. The van der Waals surface area contributed by atoms with Gasteiger partial charge in [0.25, 0.3) is 0 Å². The fraction of sp³-hybridized carbons (Fsp3) is 0.235. The summed E-state index contributed by atoms with van der Waals surface area (Å²) in [4.78, 5) is 14.1. The molecule has 0 radical (unpaired) electrons. The lowest BCUT2D eigenvalue weighted by Crippen LogP contribution is -2.50. The monoisotopic (exact) mass is 424 g/mol. The number of rotatable bonds is 4. The summed E-state index contributed by atoms with van der Waals surface area (Å²) in [6.07, 6.45) is 4.58. The van der Waals surface area contributed by atoms with E-state index in [-0.39, 0.29) is 23.9 Å². The Kier molecular flexibility index (Phi) is 5.41. The highest BCUT2D eigenvalue weighted by Crippen LogP contribution is 2.21. The number of carbonyl (C=O) groups is 1. The second-order valence-corrected chi connectivity index (χ2v) is 8.39. The molecule has 132 valence electrons. The lowest BCUT2D eigenvalue weighted by molar-refractivity contribution is -0.127. The first-order valence-electron chi connectivity index (χ1n) is 7.73. The van der Waals surface area contributed by atoms with Crippen LogP contribution in [0.2, 0.25) is 0 Å². The molecule has 6 nitrogen and oxygen atoms in total. The van der Waals surface area contributed by atoms with Gasteiger partial charge in [-0.25, -0.2) is 8.42 Å². The average molecular weight is 425 g/mol. The fourth-order valence-electron chi connectivity index (χ4n) is 2.57. The van der Waals surface area contributed by atoms with Gasteiger partial charge in [-0.2, -0.15) is 4.31 Å². The van der Waals surface area contributed by atoms with Gasteiger partial charge in [0, 0.05) is 36.7 Å². The van der Waals surface area contributed by atoms with Gasteiger partial charge in [-0.3, -0.25) is 4.79 Å². The molecule has 8 heteroatoms. The van der Waals surface area contributed by atoms with Gasteiger partial charge >= 0.3 is 0 Å². The fourth-order valence-corrected chi connectivity index (χ4v) is 4.59. The number of halogens is 1. The van der Waals surface area contributed by atoms with Crippen LogP contribution in [0.25, 0.3) is 6.08 Å². The quantitative estimate of drug-likeness (QED) is 0.707. The number of piperazine rings is 1. The molecule has 0 atom stereocenters. The zero-order chi connectivity index (χ0) is 17.9. The van der Waals surface area contributed by atoms with Crippen molar-refractivity contribution in [3.05, 3.63) is 59.0 Å². The van der Waals surface area contributed by atoms with E-state index in [1.807, 2.05) is 0 Å². The van der Waals surface area contributed by atoms with Crippen LogP contribution < -0.4 is 0 Å². The SMILES string of the molecule is O=C(/C=C/c1ccco1)N1CCN(S(=O)(=O)c2cccc(Br)c2)CC1. The maximum Gasteiger partial charge on any atom is 0.246 e. The van der Waals surface area contributed by atoms with Gasteiger partial charge in [0.1, 0.15) is 5.76 Å². The van der Waals surface area contributed by atoms with Crippen molar-refractivity contribution in [1.29, 1.82) is 0 Å². The minimum atomic E-state index is -3.55. The van der Waals surface area contributed by atoms with E-state index in [0.29, 0.717) is 23.3 Å². The van der Waals surface area contributed by atoms with E-state index in [1.54, 1.807) is 47.4 Å². The van der Waals surface area contributed by atoms with Crippen molar-refractivity contribution < 1.29 is 17.6 Å². The number of amides is 1. The molecular formula is C17H17BrN2O4S. The number of furan rings is 1. The van der Waals surface area contributed by atoms with Crippen molar-refractivity contribution in [2.75, 3.05) is 26.2 Å². The largest absolute Gasteiger partial charge is 0.465 e. The zero-order valence-electron chi connectivity index (χ0n) is 13.3. The normalized spacial score (nSPS) is 16.4. The van der Waals surface area contributed by atoms with Crippen molar-refractivity contribution in [3.63, 3.8) is 0 Å². The number of sulfonamides is 1. The molecule has 2 heterocycles. The molecule has 0 saturated carbocycles. The average Bonchev–Trinajstić information content (AvgIpc) is 3.13. The van der Waals surface area contributed by atoms with Crippen LogP contribution >= 0.6 is 15.9 Å². The Morgan fingerprint density at radius 3 is 2.52 bits per heavy atom. The predicted molar refractivity (Wildman–Crippen MR) is 97.2 cm³/mol. The van der Waals surface area contributed by atoms with E-state index in [0.717, 1.165) is 0 Å². The molecule has 1 aliphatic rings. The molecule has 25 heavy (non-hydrogen) atoms. The van der Waals surface area contributed by atoms with E-state index in [9.17, 15) is 13.2 Å². The summed E-state index contributed by atoms with van der Waals surface area (Å²) in [7, 11) is -3.55. The Morgan fingerprint density at radius 1 is 1.12 bits per heavy atom. The zero-order valence-corrected chi connectivity index (χ0v) is 15.7. The summed E-state index contributed by atoms with van der Waals surface area (Å²) in [5.74, 6) is 0.445. The summed E-state index contributed by atoms with van der Waals surface area (Å²) in [6, 6.07) is 10.1. The first-order valence-corrected chi connectivity index (χ1v) is 9.96. The van der Waals surface area contributed by atoms with Crippen LogP contribution in [0.5, 0.6) is 0 Å². The molecule has 0 spiro atoms. The Balaban J connectivity index is 1.62. The summed E-state index contributed by atoms with van der Waals surface area (Å²) < 4.78 is 32.6. The summed E-state index contributed by atoms with van der Waals surface area (Å²) in [6.45, 7) is 1.26. The van der Waals surface area contributed by atoms with Crippen molar-refractivity contribution >= 4 is 37.9 Å². The number of nitrogens with zero attached hydrogens (tertiary/aromatic N) is 2. The highest BCUT2D eigenvalue weighted by Gasteiger charge is 2.29. The summed E-state index contributed by atoms with van der Waals surface area (Å²) >= 11 is 3.29. The Bertz CT molecular complexity index is 870. The third kappa shape index (κ3) is 4.20. The molecule has 1 aromatic carbocycles. The molecule has 2 aromatic rings. The van der Waals surface area contributed by atoms with Crippen LogP contribution in [0.4, 0.5) is 0 Å².